The summed E-state index contributed by atoms with van der Waals surface area (Å²) >= 11 is 1.71. The van der Waals surface area contributed by atoms with E-state index in [4.69, 9.17) is 19.2 Å². The Balaban J connectivity index is 0.000000279. The number of hydrogen-bond donors (Lipinski definition) is 1. The Kier molecular flexibility index (Phi) is 6.01. The lowest BCUT2D eigenvalue weighted by atomic mass is 9.76. The number of hydrogen-bond acceptors (Lipinski definition) is 8. The standard InChI is InChI=1S/C14H18N4O2S.C2HF3O2/c1-10-16-13(20-17-10)14-3-6-19-11(14)2-5-18(9-14)8-12-15-4-7-21-12;3-2(4,5)1(6)7/h4,7,11H,2-3,5-6,8-9H2,1H3;(H,6,7)/t11-,14-;/m1./s1. The zero-order valence-electron chi connectivity index (χ0n) is 15.0. The second-order valence-electron chi connectivity index (χ2n) is 6.64. The highest BCUT2D eigenvalue weighted by molar-refractivity contribution is 7.09. The van der Waals surface area contributed by atoms with Crippen molar-refractivity contribution in [2.45, 2.75) is 44.0 Å². The smallest absolute Gasteiger partial charge is 0.475 e. The third-order valence-electron chi connectivity index (χ3n) is 4.74. The van der Waals surface area contributed by atoms with Crippen molar-refractivity contribution < 1.29 is 32.3 Å². The Morgan fingerprint density at radius 1 is 1.50 bits per heavy atom. The summed E-state index contributed by atoms with van der Waals surface area (Å²) in [5.41, 5.74) is -0.142. The van der Waals surface area contributed by atoms with Crippen molar-refractivity contribution in [1.82, 2.24) is 20.0 Å². The van der Waals surface area contributed by atoms with Gasteiger partial charge in [-0.1, -0.05) is 5.16 Å². The van der Waals surface area contributed by atoms with E-state index in [1.165, 1.54) is 0 Å². The van der Waals surface area contributed by atoms with Gasteiger partial charge >= 0.3 is 12.1 Å². The number of aliphatic carboxylic acids is 1. The van der Waals surface area contributed by atoms with E-state index in [2.05, 4.69) is 20.0 Å². The molecule has 0 unspecified atom stereocenters. The number of carbonyl (C=O) groups is 1. The highest BCUT2D eigenvalue weighted by atomic mass is 32.1. The Hall–Kier alpha value is -2.05. The summed E-state index contributed by atoms with van der Waals surface area (Å²) in [5, 5.41) is 14.3. The van der Waals surface area contributed by atoms with Gasteiger partial charge in [0.1, 0.15) is 5.01 Å². The van der Waals surface area contributed by atoms with Crippen molar-refractivity contribution in [2.75, 3.05) is 19.7 Å². The van der Waals surface area contributed by atoms with Gasteiger partial charge in [0, 0.05) is 31.3 Å². The van der Waals surface area contributed by atoms with Gasteiger partial charge < -0.3 is 14.4 Å². The number of fused-ring (bicyclic) bond motifs is 1. The summed E-state index contributed by atoms with van der Waals surface area (Å²) in [6.45, 7) is 5.46. The van der Waals surface area contributed by atoms with Crippen LogP contribution in [0.5, 0.6) is 0 Å². The van der Waals surface area contributed by atoms with E-state index in [-0.39, 0.29) is 11.5 Å². The molecular weight excluding hydrogens is 401 g/mol. The molecule has 4 rings (SSSR count). The van der Waals surface area contributed by atoms with Crippen molar-refractivity contribution in [3.63, 3.8) is 0 Å². The van der Waals surface area contributed by atoms with Gasteiger partial charge in [-0.25, -0.2) is 9.78 Å². The summed E-state index contributed by atoms with van der Waals surface area (Å²) < 4.78 is 43.2. The van der Waals surface area contributed by atoms with E-state index in [1.54, 1.807) is 11.3 Å². The Labute approximate surface area is 162 Å². The Bertz CT molecular complexity index is 798. The number of piperidine rings is 1. The maximum absolute atomic E-state index is 10.6. The molecule has 2 aliphatic rings. The zero-order chi connectivity index (χ0) is 20.4. The molecule has 12 heteroatoms. The van der Waals surface area contributed by atoms with Gasteiger partial charge in [-0.05, 0) is 19.8 Å². The second kappa shape index (κ2) is 8.13. The van der Waals surface area contributed by atoms with E-state index in [0.717, 1.165) is 50.0 Å². The number of rotatable bonds is 3. The van der Waals surface area contributed by atoms with Crippen molar-refractivity contribution in [3.8, 4) is 0 Å². The maximum Gasteiger partial charge on any atom is 0.490 e. The number of thiazole rings is 1. The van der Waals surface area contributed by atoms with Gasteiger partial charge in [0.2, 0.25) is 5.89 Å². The largest absolute Gasteiger partial charge is 0.490 e. The van der Waals surface area contributed by atoms with Crippen LogP contribution < -0.4 is 0 Å². The molecule has 0 spiro atoms. The fraction of sp³-hybridized carbons (Fsp3) is 0.625. The normalized spacial score (nSPS) is 25.1. The van der Waals surface area contributed by atoms with Crippen LogP contribution in [0.25, 0.3) is 0 Å². The average molecular weight is 420 g/mol. The van der Waals surface area contributed by atoms with Crippen LogP contribution in [-0.4, -0.2) is 63.1 Å². The Morgan fingerprint density at radius 3 is 2.82 bits per heavy atom. The van der Waals surface area contributed by atoms with Gasteiger partial charge in [-0.15, -0.1) is 11.3 Å². The van der Waals surface area contributed by atoms with Gasteiger partial charge in [-0.3, -0.25) is 4.90 Å². The fourth-order valence-electron chi connectivity index (χ4n) is 3.49. The van der Waals surface area contributed by atoms with Crippen LogP contribution in [0.3, 0.4) is 0 Å². The molecule has 2 aromatic heterocycles. The molecule has 2 fully saturated rings. The van der Waals surface area contributed by atoms with E-state index in [1.807, 2.05) is 18.5 Å². The minimum atomic E-state index is -5.08. The van der Waals surface area contributed by atoms with Crippen molar-refractivity contribution in [1.29, 1.82) is 0 Å². The first-order valence-electron chi connectivity index (χ1n) is 8.54. The van der Waals surface area contributed by atoms with Gasteiger partial charge in [0.25, 0.3) is 0 Å². The third kappa shape index (κ3) is 4.50. The molecule has 1 N–H and O–H groups in total. The number of nitrogens with zero attached hydrogens (tertiary/aromatic N) is 4. The first-order valence-corrected chi connectivity index (χ1v) is 9.42. The number of alkyl halides is 3. The number of halogens is 3. The lowest BCUT2D eigenvalue weighted by Crippen LogP contribution is -2.52. The number of carboxylic acid groups (broad SMARTS) is 1. The summed E-state index contributed by atoms with van der Waals surface area (Å²) in [5.74, 6) is -1.32. The molecule has 2 atom stereocenters. The predicted octanol–water partition coefficient (Wildman–Crippen LogP) is 2.40. The third-order valence-corrected chi connectivity index (χ3v) is 5.50. The van der Waals surface area contributed by atoms with Crippen LogP contribution in [0.1, 0.15) is 29.6 Å². The number of aryl methyl sites for hydroxylation is 1. The van der Waals surface area contributed by atoms with Crippen LogP contribution in [0.2, 0.25) is 0 Å². The lowest BCUT2D eigenvalue weighted by molar-refractivity contribution is -0.192. The maximum atomic E-state index is 10.6. The molecular formula is C16H19F3N4O4S. The summed E-state index contributed by atoms with van der Waals surface area (Å²) in [4.78, 5) is 20.2. The van der Waals surface area contributed by atoms with Gasteiger partial charge in [-0.2, -0.15) is 18.2 Å². The molecule has 0 radical (unpaired) electrons. The van der Waals surface area contributed by atoms with E-state index in [9.17, 15) is 13.2 Å². The van der Waals surface area contributed by atoms with Crippen molar-refractivity contribution >= 4 is 17.3 Å². The summed E-state index contributed by atoms with van der Waals surface area (Å²) in [7, 11) is 0. The molecule has 0 aromatic carbocycles. The van der Waals surface area contributed by atoms with Crippen LogP contribution in [0.15, 0.2) is 16.1 Å². The molecule has 154 valence electrons. The van der Waals surface area contributed by atoms with Crippen molar-refractivity contribution in [3.05, 3.63) is 28.3 Å². The highest BCUT2D eigenvalue weighted by Crippen LogP contribution is 2.43. The molecule has 2 aromatic rings. The molecule has 0 bridgehead atoms. The molecule has 0 amide bonds. The van der Waals surface area contributed by atoms with Crippen molar-refractivity contribution in [2.24, 2.45) is 0 Å². The lowest BCUT2D eigenvalue weighted by Gasteiger charge is -2.40. The van der Waals surface area contributed by atoms with E-state index < -0.39 is 12.1 Å². The molecule has 28 heavy (non-hydrogen) atoms. The molecule has 2 aliphatic heterocycles. The SMILES string of the molecule is Cc1noc([C@@]23CCO[C@@H]2CCN(Cc2nccs2)C3)n1.O=C(O)C(F)(F)F. The van der Waals surface area contributed by atoms with E-state index in [0.29, 0.717) is 5.82 Å². The molecule has 4 heterocycles. The first kappa shape index (κ1) is 20.7. The Morgan fingerprint density at radius 2 is 2.25 bits per heavy atom. The van der Waals surface area contributed by atoms with Crippen LogP contribution in [-0.2, 0) is 21.5 Å². The topological polar surface area (TPSA) is 102 Å². The summed E-state index contributed by atoms with van der Waals surface area (Å²) in [6, 6.07) is 0. The quantitative estimate of drug-likeness (QED) is 0.808. The fourth-order valence-corrected chi connectivity index (χ4v) is 4.15. The number of aromatic nitrogens is 3. The predicted molar refractivity (Wildman–Crippen MR) is 90.8 cm³/mol. The highest BCUT2D eigenvalue weighted by Gasteiger charge is 2.52. The number of likely N-dealkylation sites (tertiary alicyclic amines) is 1. The second-order valence-corrected chi connectivity index (χ2v) is 7.62. The van der Waals surface area contributed by atoms with E-state index >= 15 is 0 Å². The summed E-state index contributed by atoms with van der Waals surface area (Å²) in [6.07, 6.45) is -1.06. The average Bonchev–Trinajstić information content (AvgIpc) is 3.35. The number of carboxylic acids is 1. The molecule has 0 saturated carbocycles. The molecule has 0 aliphatic carbocycles. The number of ether oxygens (including phenoxy) is 1. The monoisotopic (exact) mass is 420 g/mol. The first-order chi connectivity index (χ1) is 13.2. The zero-order valence-corrected chi connectivity index (χ0v) is 15.8. The van der Waals surface area contributed by atoms with Gasteiger partial charge in [0.05, 0.1) is 18.1 Å². The van der Waals surface area contributed by atoms with Crippen LogP contribution >= 0.6 is 11.3 Å². The van der Waals surface area contributed by atoms with Gasteiger partial charge in [0.15, 0.2) is 5.82 Å². The minimum absolute atomic E-state index is 0.142. The molecule has 2 saturated heterocycles. The molecule has 8 nitrogen and oxygen atoms in total. The van der Waals surface area contributed by atoms with Crippen LogP contribution in [0.4, 0.5) is 13.2 Å². The minimum Gasteiger partial charge on any atom is -0.475 e. The van der Waals surface area contributed by atoms with Crippen LogP contribution in [0, 0.1) is 6.92 Å².